The van der Waals surface area contributed by atoms with Gasteiger partial charge in [0.05, 0.1) is 4.92 Å². The normalized spacial score (nSPS) is 25.3. The van der Waals surface area contributed by atoms with Crippen LogP contribution in [0.3, 0.4) is 0 Å². The number of hydrogen-bond acceptors (Lipinski definition) is 5. The summed E-state index contributed by atoms with van der Waals surface area (Å²) < 4.78 is 28.1. The Labute approximate surface area is 140 Å². The maximum absolute atomic E-state index is 12.8. The summed E-state index contributed by atoms with van der Waals surface area (Å²) >= 11 is 5.83. The van der Waals surface area contributed by atoms with E-state index in [1.54, 1.807) is 0 Å². The van der Waals surface area contributed by atoms with Gasteiger partial charge in [0, 0.05) is 23.2 Å². The molecule has 0 radical (unpaired) electrons. The van der Waals surface area contributed by atoms with Gasteiger partial charge in [0.15, 0.2) is 4.90 Å². The van der Waals surface area contributed by atoms with Gasteiger partial charge in [0.2, 0.25) is 10.0 Å². The second kappa shape index (κ2) is 6.72. The Morgan fingerprint density at radius 1 is 1.48 bits per heavy atom. The first-order chi connectivity index (χ1) is 10.7. The van der Waals surface area contributed by atoms with Gasteiger partial charge in [0.25, 0.3) is 5.69 Å². The SMILES string of the molecule is CC1CCCCC1(CN)NS(=O)(=O)c1cc(Cl)ccc1[N+](=O)[O-]. The maximum Gasteiger partial charge on any atom is 0.289 e. The number of nitrogens with zero attached hydrogens (tertiary/aromatic N) is 1. The third-order valence-electron chi connectivity index (χ3n) is 4.56. The fourth-order valence-corrected chi connectivity index (χ4v) is 5.06. The smallest absolute Gasteiger partial charge is 0.289 e. The fraction of sp³-hybridized carbons (Fsp3) is 0.571. The zero-order valence-corrected chi connectivity index (χ0v) is 14.4. The Morgan fingerprint density at radius 3 is 2.74 bits per heavy atom. The molecule has 1 aromatic rings. The standard InChI is InChI=1S/C14H20ClN3O4S/c1-10-4-2-3-7-14(10,9-16)17-23(21,22)13-8-11(15)5-6-12(13)18(19)20/h5-6,8,10,17H,2-4,7,9,16H2,1H3. The quantitative estimate of drug-likeness (QED) is 0.617. The van der Waals surface area contributed by atoms with Crippen molar-refractivity contribution in [1.29, 1.82) is 0 Å². The maximum atomic E-state index is 12.8. The van der Waals surface area contributed by atoms with Crippen molar-refractivity contribution in [3.8, 4) is 0 Å². The summed E-state index contributed by atoms with van der Waals surface area (Å²) in [6.45, 7) is 2.09. The van der Waals surface area contributed by atoms with Crippen LogP contribution in [0.1, 0.15) is 32.6 Å². The molecule has 128 valence electrons. The van der Waals surface area contributed by atoms with Gasteiger partial charge in [-0.05, 0) is 30.9 Å². The van der Waals surface area contributed by atoms with Crippen LogP contribution in [0.15, 0.2) is 23.1 Å². The van der Waals surface area contributed by atoms with Gasteiger partial charge < -0.3 is 5.73 Å². The number of halogens is 1. The number of benzene rings is 1. The summed E-state index contributed by atoms with van der Waals surface area (Å²) in [6.07, 6.45) is 3.35. The lowest BCUT2D eigenvalue weighted by Gasteiger charge is -2.42. The van der Waals surface area contributed by atoms with E-state index in [1.165, 1.54) is 6.07 Å². The van der Waals surface area contributed by atoms with Crippen molar-refractivity contribution in [3.05, 3.63) is 33.3 Å². The molecule has 2 atom stereocenters. The second-order valence-electron chi connectivity index (χ2n) is 5.98. The van der Waals surface area contributed by atoms with E-state index in [1.807, 2.05) is 6.92 Å². The molecule has 0 spiro atoms. The molecule has 7 nitrogen and oxygen atoms in total. The zero-order chi connectivity index (χ0) is 17.3. The number of nitrogens with one attached hydrogen (secondary N) is 1. The molecule has 1 saturated carbocycles. The van der Waals surface area contributed by atoms with Crippen molar-refractivity contribution < 1.29 is 13.3 Å². The summed E-state index contributed by atoms with van der Waals surface area (Å²) in [4.78, 5) is 9.97. The number of hydrogen-bond donors (Lipinski definition) is 2. The Morgan fingerprint density at radius 2 is 2.17 bits per heavy atom. The molecule has 0 saturated heterocycles. The van der Waals surface area contributed by atoms with Crippen molar-refractivity contribution in [2.45, 2.75) is 43.0 Å². The highest BCUT2D eigenvalue weighted by Crippen LogP contribution is 2.35. The molecule has 1 aliphatic carbocycles. The molecule has 2 rings (SSSR count). The van der Waals surface area contributed by atoms with Crippen LogP contribution in [-0.4, -0.2) is 25.4 Å². The minimum atomic E-state index is -4.12. The largest absolute Gasteiger partial charge is 0.329 e. The molecule has 3 N–H and O–H groups in total. The van der Waals surface area contributed by atoms with Crippen molar-refractivity contribution >= 4 is 27.3 Å². The van der Waals surface area contributed by atoms with E-state index in [4.69, 9.17) is 17.3 Å². The van der Waals surface area contributed by atoms with Gasteiger partial charge >= 0.3 is 0 Å². The highest BCUT2D eigenvalue weighted by Gasteiger charge is 2.42. The van der Waals surface area contributed by atoms with Crippen LogP contribution in [0.5, 0.6) is 0 Å². The van der Waals surface area contributed by atoms with E-state index < -0.39 is 31.1 Å². The summed E-state index contributed by atoms with van der Waals surface area (Å²) in [7, 11) is -4.12. The van der Waals surface area contributed by atoms with Crippen LogP contribution in [0, 0.1) is 16.0 Å². The number of nitro groups is 1. The summed E-state index contributed by atoms with van der Waals surface area (Å²) in [5.74, 6) is 0.0502. The number of nitro benzene ring substituents is 1. The lowest BCUT2D eigenvalue weighted by molar-refractivity contribution is -0.387. The Bertz CT molecular complexity index is 710. The van der Waals surface area contributed by atoms with Gasteiger partial charge in [-0.15, -0.1) is 0 Å². The predicted octanol–water partition coefficient (Wildman–Crippen LogP) is 2.43. The van der Waals surface area contributed by atoms with E-state index in [0.29, 0.717) is 6.42 Å². The van der Waals surface area contributed by atoms with Crippen molar-refractivity contribution in [3.63, 3.8) is 0 Å². The molecule has 1 aliphatic rings. The number of sulfonamides is 1. The number of rotatable bonds is 5. The lowest BCUT2D eigenvalue weighted by Crippen LogP contribution is -2.59. The van der Waals surface area contributed by atoms with Gasteiger partial charge in [-0.2, -0.15) is 0 Å². The van der Waals surface area contributed by atoms with E-state index in [2.05, 4.69) is 4.72 Å². The molecule has 0 bridgehead atoms. The van der Waals surface area contributed by atoms with Gasteiger partial charge in [-0.3, -0.25) is 10.1 Å². The van der Waals surface area contributed by atoms with Crippen molar-refractivity contribution in [2.75, 3.05) is 6.54 Å². The molecule has 23 heavy (non-hydrogen) atoms. The average Bonchev–Trinajstić information content (AvgIpc) is 2.49. The first-order valence-electron chi connectivity index (χ1n) is 7.40. The highest BCUT2D eigenvalue weighted by atomic mass is 35.5. The summed E-state index contributed by atoms with van der Waals surface area (Å²) in [5.41, 5.74) is 4.57. The van der Waals surface area contributed by atoms with Crippen LogP contribution in [-0.2, 0) is 10.0 Å². The van der Waals surface area contributed by atoms with Crippen molar-refractivity contribution in [1.82, 2.24) is 4.72 Å². The van der Waals surface area contributed by atoms with Crippen LogP contribution in [0.25, 0.3) is 0 Å². The van der Waals surface area contributed by atoms with Gasteiger partial charge in [-0.1, -0.05) is 31.4 Å². The van der Waals surface area contributed by atoms with Gasteiger partial charge in [0.1, 0.15) is 0 Å². The summed E-state index contributed by atoms with van der Waals surface area (Å²) in [5, 5.41) is 11.3. The van der Waals surface area contributed by atoms with Crippen LogP contribution in [0.2, 0.25) is 5.02 Å². The molecule has 0 aliphatic heterocycles. The Kier molecular flexibility index (Phi) is 5.30. The molecule has 9 heteroatoms. The molecule has 0 aromatic heterocycles. The van der Waals surface area contributed by atoms with Crippen LogP contribution < -0.4 is 10.5 Å². The molecule has 0 heterocycles. The first-order valence-corrected chi connectivity index (χ1v) is 9.26. The predicted molar refractivity (Wildman–Crippen MR) is 87.8 cm³/mol. The molecule has 2 unspecified atom stereocenters. The minimum Gasteiger partial charge on any atom is -0.329 e. The average molecular weight is 362 g/mol. The Balaban J connectivity index is 2.46. The number of nitrogens with two attached hydrogens (primary N) is 1. The first kappa shape index (κ1) is 18.1. The third-order valence-corrected chi connectivity index (χ3v) is 6.38. The van der Waals surface area contributed by atoms with E-state index in [-0.39, 0.29) is 17.5 Å². The Hall–Kier alpha value is -1.22. The summed E-state index contributed by atoms with van der Waals surface area (Å²) in [6, 6.07) is 3.48. The molecular weight excluding hydrogens is 342 g/mol. The topological polar surface area (TPSA) is 115 Å². The van der Waals surface area contributed by atoms with Crippen molar-refractivity contribution in [2.24, 2.45) is 11.7 Å². The monoisotopic (exact) mass is 361 g/mol. The van der Waals surface area contributed by atoms with Crippen LogP contribution in [0.4, 0.5) is 5.69 Å². The molecule has 0 amide bonds. The zero-order valence-electron chi connectivity index (χ0n) is 12.8. The highest BCUT2D eigenvalue weighted by molar-refractivity contribution is 7.89. The lowest BCUT2D eigenvalue weighted by atomic mass is 9.74. The van der Waals surface area contributed by atoms with E-state index >= 15 is 0 Å². The minimum absolute atomic E-state index is 0.0502. The van der Waals surface area contributed by atoms with E-state index in [9.17, 15) is 18.5 Å². The van der Waals surface area contributed by atoms with E-state index in [0.717, 1.165) is 31.4 Å². The van der Waals surface area contributed by atoms with Gasteiger partial charge in [-0.25, -0.2) is 13.1 Å². The molecular formula is C14H20ClN3O4S. The molecule has 1 fully saturated rings. The fourth-order valence-electron chi connectivity index (χ4n) is 3.09. The van der Waals surface area contributed by atoms with Crippen LogP contribution >= 0.6 is 11.6 Å². The third kappa shape index (κ3) is 3.65. The molecule has 1 aromatic carbocycles. The second-order valence-corrected chi connectivity index (χ2v) is 8.07.